The van der Waals surface area contributed by atoms with Crippen LogP contribution in [0.4, 0.5) is 0 Å². The summed E-state index contributed by atoms with van der Waals surface area (Å²) in [5.41, 5.74) is 0.663. The standard InChI is InChI=1S/C8H5IN2O/c9-8-10-6-4-2-1-3-5(6)7(12)11-8/h1-4H,(H,10,11,12). The maximum atomic E-state index is 11.3. The Morgan fingerprint density at radius 2 is 2.08 bits per heavy atom. The highest BCUT2D eigenvalue weighted by Crippen LogP contribution is 2.05. The highest BCUT2D eigenvalue weighted by Gasteiger charge is 1.98. The van der Waals surface area contributed by atoms with Crippen molar-refractivity contribution in [2.24, 2.45) is 0 Å². The summed E-state index contributed by atoms with van der Waals surface area (Å²) in [6, 6.07) is 7.28. The quantitative estimate of drug-likeness (QED) is 0.584. The minimum Gasteiger partial charge on any atom is -0.301 e. The van der Waals surface area contributed by atoms with E-state index in [1.807, 2.05) is 40.8 Å². The maximum absolute atomic E-state index is 11.3. The van der Waals surface area contributed by atoms with Gasteiger partial charge in [-0.25, -0.2) is 4.98 Å². The molecule has 60 valence electrons. The number of para-hydroxylation sites is 1. The molecule has 3 nitrogen and oxygen atoms in total. The van der Waals surface area contributed by atoms with Gasteiger partial charge in [-0.2, -0.15) is 0 Å². The van der Waals surface area contributed by atoms with E-state index in [0.29, 0.717) is 9.22 Å². The third kappa shape index (κ3) is 1.22. The molecule has 1 heterocycles. The fourth-order valence-electron chi connectivity index (χ4n) is 1.06. The number of nitrogens with zero attached hydrogens (tertiary/aromatic N) is 1. The lowest BCUT2D eigenvalue weighted by molar-refractivity contribution is 1.11. The van der Waals surface area contributed by atoms with Crippen LogP contribution >= 0.6 is 22.6 Å². The van der Waals surface area contributed by atoms with Crippen LogP contribution in [0.3, 0.4) is 0 Å². The zero-order valence-corrected chi connectivity index (χ0v) is 8.20. The first-order chi connectivity index (χ1) is 5.77. The minimum atomic E-state index is -0.0787. The van der Waals surface area contributed by atoms with Gasteiger partial charge in [-0.15, -0.1) is 0 Å². The van der Waals surface area contributed by atoms with Crippen LogP contribution < -0.4 is 5.56 Å². The monoisotopic (exact) mass is 272 g/mol. The lowest BCUT2D eigenvalue weighted by Crippen LogP contribution is -2.09. The molecule has 0 amide bonds. The Balaban J connectivity index is 2.99. The predicted octanol–water partition coefficient (Wildman–Crippen LogP) is 1.53. The van der Waals surface area contributed by atoms with Gasteiger partial charge in [0.05, 0.1) is 10.9 Å². The van der Waals surface area contributed by atoms with E-state index in [9.17, 15) is 4.79 Å². The number of rotatable bonds is 0. The van der Waals surface area contributed by atoms with Crippen LogP contribution in [-0.2, 0) is 0 Å². The van der Waals surface area contributed by atoms with Crippen molar-refractivity contribution >= 4 is 33.5 Å². The molecule has 4 heteroatoms. The number of aromatic nitrogens is 2. The Kier molecular flexibility index (Phi) is 1.84. The van der Waals surface area contributed by atoms with Gasteiger partial charge in [-0.1, -0.05) is 12.1 Å². The molecule has 0 saturated heterocycles. The zero-order valence-electron chi connectivity index (χ0n) is 6.04. The van der Waals surface area contributed by atoms with Crippen molar-refractivity contribution < 1.29 is 0 Å². The Morgan fingerprint density at radius 3 is 2.92 bits per heavy atom. The molecule has 0 aliphatic rings. The normalized spacial score (nSPS) is 10.4. The summed E-state index contributed by atoms with van der Waals surface area (Å²) in [5.74, 6) is 0. The third-order valence-electron chi connectivity index (χ3n) is 1.58. The summed E-state index contributed by atoms with van der Waals surface area (Å²) in [7, 11) is 0. The van der Waals surface area contributed by atoms with E-state index in [1.165, 1.54) is 0 Å². The van der Waals surface area contributed by atoms with E-state index in [-0.39, 0.29) is 5.56 Å². The van der Waals surface area contributed by atoms with E-state index >= 15 is 0 Å². The first-order valence-electron chi connectivity index (χ1n) is 3.42. The summed E-state index contributed by atoms with van der Waals surface area (Å²) in [4.78, 5) is 18.1. The van der Waals surface area contributed by atoms with E-state index in [4.69, 9.17) is 0 Å². The summed E-state index contributed by atoms with van der Waals surface area (Å²) < 4.78 is 0.622. The fourth-order valence-corrected chi connectivity index (χ4v) is 1.56. The van der Waals surface area contributed by atoms with Crippen molar-refractivity contribution in [3.8, 4) is 0 Å². The second kappa shape index (κ2) is 2.85. The Morgan fingerprint density at radius 1 is 1.33 bits per heavy atom. The smallest absolute Gasteiger partial charge is 0.259 e. The van der Waals surface area contributed by atoms with Gasteiger partial charge in [-0.3, -0.25) is 4.79 Å². The molecule has 2 rings (SSSR count). The van der Waals surface area contributed by atoms with Gasteiger partial charge >= 0.3 is 0 Å². The minimum absolute atomic E-state index is 0.0787. The number of hydrogen-bond donors (Lipinski definition) is 1. The van der Waals surface area contributed by atoms with E-state index in [1.54, 1.807) is 6.07 Å². The fraction of sp³-hybridized carbons (Fsp3) is 0. The zero-order chi connectivity index (χ0) is 8.55. The Bertz CT molecular complexity index is 478. The molecule has 2 aromatic rings. The largest absolute Gasteiger partial charge is 0.301 e. The summed E-state index contributed by atoms with van der Waals surface area (Å²) >= 11 is 1.99. The van der Waals surface area contributed by atoms with Crippen molar-refractivity contribution in [2.75, 3.05) is 0 Å². The van der Waals surface area contributed by atoms with Gasteiger partial charge in [-0.05, 0) is 34.7 Å². The summed E-state index contributed by atoms with van der Waals surface area (Å²) in [5, 5.41) is 0.637. The predicted molar refractivity (Wildman–Crippen MR) is 55.1 cm³/mol. The topological polar surface area (TPSA) is 45.8 Å². The maximum Gasteiger partial charge on any atom is 0.259 e. The molecular weight excluding hydrogens is 267 g/mol. The SMILES string of the molecule is O=c1[nH]c(I)nc2ccccc12. The van der Waals surface area contributed by atoms with Crippen LogP contribution in [0.5, 0.6) is 0 Å². The number of halogens is 1. The van der Waals surface area contributed by atoms with Crippen molar-refractivity contribution in [3.63, 3.8) is 0 Å². The Labute approximate surface area is 82.0 Å². The van der Waals surface area contributed by atoms with Gasteiger partial charge in [0.1, 0.15) is 0 Å². The lowest BCUT2D eigenvalue weighted by atomic mass is 10.2. The molecule has 12 heavy (non-hydrogen) atoms. The van der Waals surface area contributed by atoms with Crippen molar-refractivity contribution in [3.05, 3.63) is 38.5 Å². The van der Waals surface area contributed by atoms with Crippen molar-refractivity contribution in [2.45, 2.75) is 0 Å². The number of benzene rings is 1. The van der Waals surface area contributed by atoms with Gasteiger partial charge in [0.15, 0.2) is 3.83 Å². The van der Waals surface area contributed by atoms with E-state index in [2.05, 4.69) is 9.97 Å². The number of nitrogens with one attached hydrogen (secondary N) is 1. The summed E-state index contributed by atoms with van der Waals surface area (Å²) in [6.07, 6.45) is 0. The first kappa shape index (κ1) is 7.72. The molecule has 0 unspecified atom stereocenters. The average molecular weight is 272 g/mol. The molecular formula is C8H5IN2O. The molecule has 0 aliphatic carbocycles. The molecule has 1 aromatic heterocycles. The first-order valence-corrected chi connectivity index (χ1v) is 4.50. The second-order valence-electron chi connectivity index (χ2n) is 2.37. The van der Waals surface area contributed by atoms with Crippen LogP contribution in [0.2, 0.25) is 0 Å². The Hall–Kier alpha value is -0.910. The van der Waals surface area contributed by atoms with Gasteiger partial charge in [0.25, 0.3) is 5.56 Å². The third-order valence-corrected chi connectivity index (χ3v) is 2.09. The molecule has 0 bridgehead atoms. The second-order valence-corrected chi connectivity index (χ2v) is 3.40. The van der Waals surface area contributed by atoms with Crippen molar-refractivity contribution in [1.82, 2.24) is 9.97 Å². The van der Waals surface area contributed by atoms with Crippen LogP contribution in [0.15, 0.2) is 29.1 Å². The van der Waals surface area contributed by atoms with Crippen LogP contribution in [0.1, 0.15) is 0 Å². The molecule has 0 spiro atoms. The van der Waals surface area contributed by atoms with E-state index in [0.717, 1.165) is 5.52 Å². The van der Waals surface area contributed by atoms with Crippen LogP contribution in [0.25, 0.3) is 10.9 Å². The van der Waals surface area contributed by atoms with Crippen LogP contribution in [-0.4, -0.2) is 9.97 Å². The molecule has 1 aromatic carbocycles. The van der Waals surface area contributed by atoms with E-state index < -0.39 is 0 Å². The number of hydrogen-bond acceptors (Lipinski definition) is 2. The highest BCUT2D eigenvalue weighted by atomic mass is 127. The molecule has 0 radical (unpaired) electrons. The van der Waals surface area contributed by atoms with Crippen molar-refractivity contribution in [1.29, 1.82) is 0 Å². The van der Waals surface area contributed by atoms with Gasteiger partial charge in [0, 0.05) is 0 Å². The van der Waals surface area contributed by atoms with Crippen LogP contribution in [0, 0.1) is 3.83 Å². The molecule has 0 saturated carbocycles. The van der Waals surface area contributed by atoms with Gasteiger partial charge in [0.2, 0.25) is 0 Å². The summed E-state index contributed by atoms with van der Waals surface area (Å²) in [6.45, 7) is 0. The lowest BCUT2D eigenvalue weighted by Gasteiger charge is -1.94. The molecule has 1 N–H and O–H groups in total. The highest BCUT2D eigenvalue weighted by molar-refractivity contribution is 14.1. The number of aromatic amines is 1. The molecule has 0 aliphatic heterocycles. The molecule has 0 atom stereocenters. The number of H-pyrrole nitrogens is 1. The average Bonchev–Trinajstić information content (AvgIpc) is 2.04. The number of fused-ring (bicyclic) bond motifs is 1. The van der Waals surface area contributed by atoms with Gasteiger partial charge < -0.3 is 4.98 Å². The molecule has 0 fully saturated rings.